The molecule has 31 heavy (non-hydrogen) atoms. The first kappa shape index (κ1) is 24.5. The highest BCUT2D eigenvalue weighted by Gasteiger charge is 2.38. The Balaban J connectivity index is 0.000000423. The first-order valence-electron chi connectivity index (χ1n) is 9.37. The lowest BCUT2D eigenvalue weighted by Crippen LogP contribution is -2.44. The maximum atomic E-state index is 12.9. The molecule has 0 atom stereocenters. The molecule has 3 heterocycles. The number of halogens is 3. The van der Waals surface area contributed by atoms with Gasteiger partial charge in [-0.2, -0.15) is 18.2 Å². The van der Waals surface area contributed by atoms with Gasteiger partial charge in [-0.1, -0.05) is 24.6 Å². The predicted octanol–water partition coefficient (Wildman–Crippen LogP) is 1.31. The Morgan fingerprint density at radius 2 is 1.90 bits per heavy atom. The minimum absolute atomic E-state index is 0.0669. The van der Waals surface area contributed by atoms with E-state index in [4.69, 9.17) is 9.90 Å². The average molecular weight is 460 g/mol. The molecule has 9 nitrogen and oxygen atoms in total. The fourth-order valence-electron chi connectivity index (χ4n) is 2.80. The molecule has 170 valence electrons. The number of fused-ring (bicyclic) bond motifs is 1. The van der Waals surface area contributed by atoms with E-state index in [9.17, 15) is 18.0 Å². The number of aliphatic carboxylic acids is 1. The summed E-state index contributed by atoms with van der Waals surface area (Å²) in [5, 5.41) is 11.2. The van der Waals surface area contributed by atoms with E-state index < -0.39 is 12.1 Å². The van der Waals surface area contributed by atoms with Gasteiger partial charge in [0.2, 0.25) is 5.95 Å². The SMILES string of the molecule is CC#CCn1c(N2CCNCC2)nc2nc(SCC)n(C)c(=O)c21.O=C(O)C(F)(F)F. The molecule has 3 rings (SSSR count). The van der Waals surface area contributed by atoms with E-state index in [1.165, 1.54) is 0 Å². The number of hydrogen-bond donors (Lipinski definition) is 2. The molecule has 1 saturated heterocycles. The number of alkyl halides is 3. The zero-order valence-corrected chi connectivity index (χ0v) is 18.1. The number of imidazole rings is 1. The predicted molar refractivity (Wildman–Crippen MR) is 111 cm³/mol. The highest BCUT2D eigenvalue weighted by atomic mass is 32.2. The first-order chi connectivity index (χ1) is 14.6. The summed E-state index contributed by atoms with van der Waals surface area (Å²) >= 11 is 1.55. The lowest BCUT2D eigenvalue weighted by molar-refractivity contribution is -0.192. The molecule has 0 spiro atoms. The third kappa shape index (κ3) is 5.92. The summed E-state index contributed by atoms with van der Waals surface area (Å²) < 4.78 is 35.3. The zero-order chi connectivity index (χ0) is 23.2. The van der Waals surface area contributed by atoms with Gasteiger partial charge in [0.25, 0.3) is 5.56 Å². The van der Waals surface area contributed by atoms with Crippen molar-refractivity contribution in [2.45, 2.75) is 31.7 Å². The van der Waals surface area contributed by atoms with Crippen molar-refractivity contribution < 1.29 is 23.1 Å². The van der Waals surface area contributed by atoms with Crippen LogP contribution >= 0.6 is 11.8 Å². The van der Waals surface area contributed by atoms with Crippen LogP contribution in [0.3, 0.4) is 0 Å². The summed E-state index contributed by atoms with van der Waals surface area (Å²) in [7, 11) is 1.76. The maximum Gasteiger partial charge on any atom is 0.490 e. The monoisotopic (exact) mass is 460 g/mol. The molecule has 1 fully saturated rings. The Bertz CT molecular complexity index is 1050. The highest BCUT2D eigenvalue weighted by Crippen LogP contribution is 2.22. The second-order valence-corrected chi connectivity index (χ2v) is 7.56. The molecule has 2 aromatic rings. The molecule has 0 bridgehead atoms. The number of piperazine rings is 1. The van der Waals surface area contributed by atoms with Crippen LogP contribution in [0.25, 0.3) is 11.2 Å². The number of carbonyl (C=O) groups is 1. The van der Waals surface area contributed by atoms with Gasteiger partial charge in [-0.25, -0.2) is 9.78 Å². The summed E-state index contributed by atoms with van der Waals surface area (Å²) in [6, 6.07) is 0. The van der Waals surface area contributed by atoms with E-state index in [0.717, 1.165) is 37.9 Å². The second kappa shape index (κ2) is 10.5. The van der Waals surface area contributed by atoms with Crippen molar-refractivity contribution in [1.29, 1.82) is 0 Å². The average Bonchev–Trinajstić information content (AvgIpc) is 3.09. The molecular weight excluding hydrogens is 437 g/mol. The number of carboxylic acid groups (broad SMARTS) is 1. The van der Waals surface area contributed by atoms with Crippen molar-refractivity contribution in [2.24, 2.45) is 7.05 Å². The van der Waals surface area contributed by atoms with Gasteiger partial charge >= 0.3 is 12.1 Å². The van der Waals surface area contributed by atoms with Gasteiger partial charge < -0.3 is 15.3 Å². The van der Waals surface area contributed by atoms with Crippen LogP contribution in [-0.2, 0) is 18.4 Å². The fourth-order valence-corrected chi connectivity index (χ4v) is 3.49. The quantitative estimate of drug-likeness (QED) is 0.400. The largest absolute Gasteiger partial charge is 0.490 e. The highest BCUT2D eigenvalue weighted by molar-refractivity contribution is 7.99. The Hall–Kier alpha value is -2.72. The third-order valence-electron chi connectivity index (χ3n) is 4.25. The number of carboxylic acids is 1. The summed E-state index contributed by atoms with van der Waals surface area (Å²) in [6.45, 7) is 7.83. The maximum absolute atomic E-state index is 12.9. The molecule has 0 aliphatic carbocycles. The number of nitrogens with zero attached hydrogens (tertiary/aromatic N) is 5. The van der Waals surface area contributed by atoms with Gasteiger partial charge in [0.05, 0.1) is 6.54 Å². The van der Waals surface area contributed by atoms with E-state index in [1.54, 1.807) is 30.3 Å². The van der Waals surface area contributed by atoms with Crippen molar-refractivity contribution in [2.75, 3.05) is 36.8 Å². The molecule has 1 aliphatic rings. The molecule has 0 saturated carbocycles. The van der Waals surface area contributed by atoms with Crippen molar-refractivity contribution >= 4 is 34.8 Å². The van der Waals surface area contributed by atoms with E-state index >= 15 is 0 Å². The molecule has 0 unspecified atom stereocenters. The van der Waals surface area contributed by atoms with Crippen LogP contribution in [0.5, 0.6) is 0 Å². The summed E-state index contributed by atoms with van der Waals surface area (Å²) in [5.74, 6) is 4.85. The number of hydrogen-bond acceptors (Lipinski definition) is 7. The van der Waals surface area contributed by atoms with Gasteiger partial charge in [0, 0.05) is 33.2 Å². The summed E-state index contributed by atoms with van der Waals surface area (Å²) in [6.07, 6.45) is -5.08. The topological polar surface area (TPSA) is 105 Å². The van der Waals surface area contributed by atoms with Crippen LogP contribution in [-0.4, -0.2) is 68.3 Å². The normalized spacial score (nSPS) is 13.9. The van der Waals surface area contributed by atoms with Crippen molar-refractivity contribution in [3.8, 4) is 11.8 Å². The van der Waals surface area contributed by atoms with E-state index in [2.05, 4.69) is 32.0 Å². The van der Waals surface area contributed by atoms with Crippen LogP contribution < -0.4 is 15.8 Å². The number of nitrogens with one attached hydrogen (secondary N) is 1. The first-order valence-corrected chi connectivity index (χ1v) is 10.4. The van der Waals surface area contributed by atoms with Crippen LogP contribution in [0, 0.1) is 11.8 Å². The number of thioether (sulfide) groups is 1. The second-order valence-electron chi connectivity index (χ2n) is 6.33. The van der Waals surface area contributed by atoms with Gasteiger partial charge in [-0.15, -0.1) is 5.92 Å². The molecular formula is C18H23F3N6O3S. The van der Waals surface area contributed by atoms with Crippen molar-refractivity contribution in [3.05, 3.63) is 10.4 Å². The number of aromatic nitrogens is 4. The van der Waals surface area contributed by atoms with Crippen LogP contribution in [0.4, 0.5) is 19.1 Å². The molecule has 2 aromatic heterocycles. The van der Waals surface area contributed by atoms with Gasteiger partial charge in [0.1, 0.15) is 0 Å². The number of rotatable bonds is 4. The van der Waals surface area contributed by atoms with Crippen molar-refractivity contribution in [3.63, 3.8) is 0 Å². The summed E-state index contributed by atoms with van der Waals surface area (Å²) in [5.41, 5.74) is 0.984. The lowest BCUT2D eigenvalue weighted by Gasteiger charge is -2.28. The Morgan fingerprint density at radius 1 is 1.29 bits per heavy atom. The molecule has 0 aromatic carbocycles. The molecule has 1 aliphatic heterocycles. The van der Waals surface area contributed by atoms with Gasteiger partial charge in [-0.05, 0) is 12.7 Å². The Morgan fingerprint density at radius 3 is 2.42 bits per heavy atom. The standard InChI is InChI=1S/C16H22N6OS.C2HF3O2/c1-4-6-9-22-12-13(18-15(22)21-10-7-17-8-11-21)19-16(24-5-2)20(3)14(12)23;3-2(4,5)1(6)7/h17H,5,7-11H2,1-3H3;(H,6,7). The smallest absolute Gasteiger partial charge is 0.475 e. The molecule has 13 heteroatoms. The Labute approximate surface area is 180 Å². The molecule has 0 amide bonds. The van der Waals surface area contributed by atoms with E-state index in [-0.39, 0.29) is 5.56 Å². The van der Waals surface area contributed by atoms with E-state index in [0.29, 0.717) is 22.9 Å². The molecule has 0 radical (unpaired) electrons. The zero-order valence-electron chi connectivity index (χ0n) is 17.3. The van der Waals surface area contributed by atoms with Crippen molar-refractivity contribution in [1.82, 2.24) is 24.4 Å². The fraction of sp³-hybridized carbons (Fsp3) is 0.556. The van der Waals surface area contributed by atoms with E-state index in [1.807, 2.05) is 11.5 Å². The lowest BCUT2D eigenvalue weighted by atomic mass is 10.4. The van der Waals surface area contributed by atoms with Crippen LogP contribution in [0.1, 0.15) is 13.8 Å². The third-order valence-corrected chi connectivity index (χ3v) is 5.17. The van der Waals surface area contributed by atoms with Crippen LogP contribution in [0.2, 0.25) is 0 Å². The van der Waals surface area contributed by atoms with Gasteiger partial charge in [0.15, 0.2) is 16.3 Å². The minimum Gasteiger partial charge on any atom is -0.475 e. The summed E-state index contributed by atoms with van der Waals surface area (Å²) in [4.78, 5) is 33.3. The minimum atomic E-state index is -5.08. The number of anilines is 1. The van der Waals surface area contributed by atoms with Crippen LogP contribution in [0.15, 0.2) is 9.95 Å². The Kier molecular flexibility index (Phi) is 8.35. The molecule has 2 N–H and O–H groups in total. The van der Waals surface area contributed by atoms with Gasteiger partial charge in [-0.3, -0.25) is 13.9 Å².